The largest absolute Gasteiger partial charge is 0.726 e. The number of nitrogens with zero attached hydrogens (tertiary/aromatic N) is 1. The van der Waals surface area contributed by atoms with Gasteiger partial charge in [0.05, 0.1) is 30.7 Å². The first-order valence-electron chi connectivity index (χ1n) is 10.3. The molecule has 26 heavy (non-hydrogen) atoms. The van der Waals surface area contributed by atoms with Crippen LogP contribution >= 0.6 is 0 Å². The monoisotopic (exact) mass is 388 g/mol. The van der Waals surface area contributed by atoms with Crippen molar-refractivity contribution in [1.29, 1.82) is 0 Å². The zero-order valence-electron chi connectivity index (χ0n) is 15.5. The van der Waals surface area contributed by atoms with Crippen LogP contribution in [0.1, 0.15) is 58.3 Å². The normalized spacial score (nSPS) is 47.3. The standard InChI is InChI=1S/C18H32N2O5S/c1-12-10-15-17(16(11-12)25-26(22,23)24)18(13-4-6-14(21)7-5-13)20-9-3-2-8-19(15)20/h12-18,21H,2-11H2,1H3,(H,22,23,24). The first kappa shape index (κ1) is 19.1. The summed E-state index contributed by atoms with van der Waals surface area (Å²) >= 11 is 0. The maximum absolute atomic E-state index is 11.4. The molecule has 2 aliphatic heterocycles. The molecule has 0 aromatic carbocycles. The summed E-state index contributed by atoms with van der Waals surface area (Å²) in [6.07, 6.45) is 7.01. The van der Waals surface area contributed by atoms with Crippen molar-refractivity contribution in [3.05, 3.63) is 0 Å². The Bertz CT molecular complexity index is 607. The second kappa shape index (κ2) is 7.29. The number of quaternary nitrogens is 1. The minimum atomic E-state index is -4.70. The minimum absolute atomic E-state index is 0.100. The molecule has 2 saturated carbocycles. The van der Waals surface area contributed by atoms with Crippen LogP contribution in [0.2, 0.25) is 0 Å². The Morgan fingerprint density at radius 1 is 1.15 bits per heavy atom. The average molecular weight is 389 g/mol. The third-order valence-corrected chi connectivity index (χ3v) is 7.78. The Kier molecular flexibility index (Phi) is 5.35. The summed E-state index contributed by atoms with van der Waals surface area (Å²) in [5.41, 5.74) is 0. The smallest absolute Gasteiger partial charge is 0.217 e. The summed E-state index contributed by atoms with van der Waals surface area (Å²) in [5.74, 6) is 0.930. The van der Waals surface area contributed by atoms with Crippen molar-refractivity contribution in [1.82, 2.24) is 5.01 Å². The molecule has 6 unspecified atom stereocenters. The molecule has 2 N–H and O–H groups in total. The number of rotatable bonds is 3. The highest BCUT2D eigenvalue weighted by atomic mass is 32.3. The van der Waals surface area contributed by atoms with Gasteiger partial charge in [-0.2, -0.15) is 5.01 Å². The molecule has 2 saturated heterocycles. The Labute approximate surface area is 156 Å². The van der Waals surface area contributed by atoms with Crippen molar-refractivity contribution < 1.29 is 27.3 Å². The van der Waals surface area contributed by atoms with Gasteiger partial charge in [0.25, 0.3) is 0 Å². The van der Waals surface area contributed by atoms with E-state index in [1.165, 1.54) is 17.9 Å². The molecule has 2 heterocycles. The number of aliphatic hydroxyl groups is 1. The molecule has 0 aromatic rings. The Morgan fingerprint density at radius 2 is 1.88 bits per heavy atom. The van der Waals surface area contributed by atoms with Crippen LogP contribution in [0.3, 0.4) is 0 Å². The SMILES string of the molecule is CC1CC(OS(=O)(=O)[O-])C2C(C1)N1CCCC[NH+]1C2C1CCC(O)CC1. The van der Waals surface area contributed by atoms with Crippen LogP contribution in [-0.2, 0) is 14.6 Å². The van der Waals surface area contributed by atoms with Crippen LogP contribution in [0.25, 0.3) is 0 Å². The van der Waals surface area contributed by atoms with Gasteiger partial charge in [0.15, 0.2) is 0 Å². The first-order chi connectivity index (χ1) is 12.3. The zero-order chi connectivity index (χ0) is 18.5. The highest BCUT2D eigenvalue weighted by Crippen LogP contribution is 2.43. The molecule has 0 bridgehead atoms. The summed E-state index contributed by atoms with van der Waals surface area (Å²) < 4.78 is 39.4. The number of hydrogen-bond acceptors (Lipinski definition) is 6. The molecule has 0 radical (unpaired) electrons. The molecule has 4 aliphatic rings. The molecular weight excluding hydrogens is 356 g/mol. The second-order valence-electron chi connectivity index (χ2n) is 9.00. The fourth-order valence-electron chi connectivity index (χ4n) is 6.41. The molecular formula is C18H32N2O5S. The number of hydrogen-bond donors (Lipinski definition) is 2. The molecule has 150 valence electrons. The first-order valence-corrected chi connectivity index (χ1v) is 11.6. The number of fused-ring (bicyclic) bond motifs is 3. The van der Waals surface area contributed by atoms with E-state index in [4.69, 9.17) is 4.18 Å². The summed E-state index contributed by atoms with van der Waals surface area (Å²) in [5, 5.41) is 13.9. The Hall–Kier alpha value is -0.250. The molecule has 6 atom stereocenters. The molecule has 2 aliphatic carbocycles. The lowest BCUT2D eigenvalue weighted by Crippen LogP contribution is -3.21. The van der Waals surface area contributed by atoms with Gasteiger partial charge >= 0.3 is 0 Å². The van der Waals surface area contributed by atoms with Gasteiger partial charge in [0.1, 0.15) is 6.04 Å². The van der Waals surface area contributed by atoms with Crippen molar-refractivity contribution in [3.8, 4) is 0 Å². The number of aliphatic hydroxyl groups excluding tert-OH is 1. The molecule has 0 amide bonds. The van der Waals surface area contributed by atoms with Gasteiger partial charge in [-0.05, 0) is 57.3 Å². The van der Waals surface area contributed by atoms with E-state index in [1.807, 2.05) is 0 Å². The number of nitrogens with one attached hydrogen (secondary N) is 1. The van der Waals surface area contributed by atoms with E-state index in [2.05, 4.69) is 11.9 Å². The average Bonchev–Trinajstić information content (AvgIpc) is 2.89. The van der Waals surface area contributed by atoms with Crippen molar-refractivity contribution in [2.45, 2.75) is 82.6 Å². The second-order valence-corrected chi connectivity index (χ2v) is 10.0. The fourth-order valence-corrected chi connectivity index (χ4v) is 6.92. The van der Waals surface area contributed by atoms with E-state index < -0.39 is 16.5 Å². The van der Waals surface area contributed by atoms with E-state index in [1.54, 1.807) is 0 Å². The van der Waals surface area contributed by atoms with Crippen LogP contribution in [-0.4, -0.2) is 60.5 Å². The van der Waals surface area contributed by atoms with Crippen molar-refractivity contribution in [2.24, 2.45) is 17.8 Å². The maximum atomic E-state index is 11.4. The fraction of sp³-hybridized carbons (Fsp3) is 1.00. The van der Waals surface area contributed by atoms with Crippen molar-refractivity contribution in [3.63, 3.8) is 0 Å². The lowest BCUT2D eigenvalue weighted by Gasteiger charge is -2.40. The quantitative estimate of drug-likeness (QED) is 0.525. The predicted octanol–water partition coefficient (Wildman–Crippen LogP) is 0.0755. The summed E-state index contributed by atoms with van der Waals surface area (Å²) in [4.78, 5) is 0. The molecule has 4 rings (SSSR count). The predicted molar refractivity (Wildman–Crippen MR) is 93.8 cm³/mol. The van der Waals surface area contributed by atoms with Crippen LogP contribution in [0.5, 0.6) is 0 Å². The Morgan fingerprint density at radius 3 is 2.58 bits per heavy atom. The lowest BCUT2D eigenvalue weighted by molar-refractivity contribution is -1.03. The third-order valence-electron chi connectivity index (χ3n) is 7.29. The molecule has 7 nitrogen and oxygen atoms in total. The van der Waals surface area contributed by atoms with Gasteiger partial charge in [0.2, 0.25) is 10.4 Å². The van der Waals surface area contributed by atoms with E-state index in [-0.39, 0.29) is 12.0 Å². The maximum Gasteiger partial charge on any atom is 0.217 e. The van der Waals surface area contributed by atoms with Crippen molar-refractivity contribution in [2.75, 3.05) is 13.1 Å². The zero-order valence-corrected chi connectivity index (χ0v) is 16.4. The van der Waals surface area contributed by atoms with Crippen LogP contribution in [0.15, 0.2) is 0 Å². The third kappa shape index (κ3) is 3.69. The summed E-state index contributed by atoms with van der Waals surface area (Å²) in [7, 11) is -4.70. The van der Waals surface area contributed by atoms with Gasteiger partial charge in [0, 0.05) is 12.5 Å². The van der Waals surface area contributed by atoms with Crippen LogP contribution in [0.4, 0.5) is 0 Å². The lowest BCUT2D eigenvalue weighted by atomic mass is 9.69. The molecule has 0 spiro atoms. The molecule has 4 fully saturated rings. The van der Waals surface area contributed by atoms with E-state index in [0.29, 0.717) is 30.3 Å². The van der Waals surface area contributed by atoms with Gasteiger partial charge in [-0.3, -0.25) is 9.19 Å². The van der Waals surface area contributed by atoms with E-state index in [0.717, 1.165) is 45.2 Å². The van der Waals surface area contributed by atoms with Gasteiger partial charge < -0.3 is 9.66 Å². The van der Waals surface area contributed by atoms with Crippen molar-refractivity contribution >= 4 is 10.4 Å². The van der Waals surface area contributed by atoms with Crippen LogP contribution < -0.4 is 5.01 Å². The topological polar surface area (TPSA) is 94.3 Å². The van der Waals surface area contributed by atoms with Gasteiger partial charge in [-0.15, -0.1) is 0 Å². The minimum Gasteiger partial charge on any atom is -0.726 e. The van der Waals surface area contributed by atoms with Gasteiger partial charge in [-0.25, -0.2) is 8.42 Å². The van der Waals surface area contributed by atoms with Gasteiger partial charge in [-0.1, -0.05) is 6.92 Å². The van der Waals surface area contributed by atoms with E-state index in [9.17, 15) is 18.1 Å². The van der Waals surface area contributed by atoms with Crippen LogP contribution in [0, 0.1) is 17.8 Å². The highest BCUT2D eigenvalue weighted by Gasteiger charge is 2.60. The Balaban J connectivity index is 1.65. The highest BCUT2D eigenvalue weighted by molar-refractivity contribution is 7.80. The van der Waals surface area contributed by atoms with E-state index >= 15 is 0 Å². The summed E-state index contributed by atoms with van der Waals surface area (Å²) in [6.45, 7) is 4.27. The molecule has 8 heteroatoms. The molecule has 0 aromatic heterocycles. The summed E-state index contributed by atoms with van der Waals surface area (Å²) in [6, 6.07) is 0.615.